The van der Waals surface area contributed by atoms with E-state index in [1.807, 2.05) is 38.2 Å². The molecule has 1 aliphatic rings. The normalized spacial score (nSPS) is 22.8. The lowest BCUT2D eigenvalue weighted by Gasteiger charge is -2.34. The predicted octanol–water partition coefficient (Wildman–Crippen LogP) is 4.33. The number of carboxylic acid groups (broad SMARTS) is 1. The largest absolute Gasteiger partial charge is 0.478 e. The maximum atomic E-state index is 12.4. The Kier molecular flexibility index (Phi) is 7.62. The van der Waals surface area contributed by atoms with Crippen molar-refractivity contribution in [2.24, 2.45) is 5.41 Å². The van der Waals surface area contributed by atoms with E-state index in [0.717, 1.165) is 30.4 Å². The van der Waals surface area contributed by atoms with Gasteiger partial charge in [0.2, 0.25) is 5.91 Å². The SMILES string of the molecule is CNC(=O)[C@]1(C)CCCC(C)=C1/C=C/C(C)=C/C=C/C(C)=C/C(=O)O. The number of rotatable bonds is 6. The molecule has 0 spiro atoms. The molecule has 0 aromatic rings. The maximum Gasteiger partial charge on any atom is 0.328 e. The molecule has 1 atom stereocenters. The minimum absolute atomic E-state index is 0.0576. The molecule has 4 heteroatoms. The van der Waals surface area contributed by atoms with Gasteiger partial charge >= 0.3 is 5.97 Å². The third kappa shape index (κ3) is 5.89. The third-order valence-electron chi connectivity index (χ3n) is 4.59. The molecule has 4 nitrogen and oxygen atoms in total. The topological polar surface area (TPSA) is 66.4 Å². The van der Waals surface area contributed by atoms with Gasteiger partial charge in [0.05, 0.1) is 5.41 Å². The Balaban J connectivity index is 2.97. The minimum atomic E-state index is -0.948. The van der Waals surface area contributed by atoms with Crippen LogP contribution in [0.5, 0.6) is 0 Å². The molecule has 0 saturated carbocycles. The number of aliphatic carboxylic acids is 1. The zero-order chi connectivity index (χ0) is 19.0. The van der Waals surface area contributed by atoms with Crippen molar-refractivity contribution in [2.75, 3.05) is 7.05 Å². The lowest BCUT2D eigenvalue weighted by molar-refractivity contribution is -0.131. The molecule has 25 heavy (non-hydrogen) atoms. The molecule has 0 radical (unpaired) electrons. The van der Waals surface area contributed by atoms with Gasteiger partial charge in [-0.05, 0) is 58.1 Å². The molecule has 0 bridgehead atoms. The summed E-state index contributed by atoms with van der Waals surface area (Å²) in [5, 5.41) is 11.5. The lowest BCUT2D eigenvalue weighted by Crippen LogP contribution is -2.39. The highest BCUT2D eigenvalue weighted by molar-refractivity contribution is 5.86. The van der Waals surface area contributed by atoms with Crippen molar-refractivity contribution in [3.8, 4) is 0 Å². The number of hydrogen-bond acceptors (Lipinski definition) is 2. The maximum absolute atomic E-state index is 12.4. The van der Waals surface area contributed by atoms with E-state index in [1.165, 1.54) is 11.6 Å². The fourth-order valence-corrected chi connectivity index (χ4v) is 3.15. The van der Waals surface area contributed by atoms with Crippen LogP contribution in [0.4, 0.5) is 0 Å². The van der Waals surface area contributed by atoms with Crippen molar-refractivity contribution in [2.45, 2.75) is 47.0 Å². The van der Waals surface area contributed by atoms with Crippen molar-refractivity contribution < 1.29 is 14.7 Å². The zero-order valence-electron chi connectivity index (χ0n) is 15.8. The fraction of sp³-hybridized carbons (Fsp3) is 0.429. The number of carbonyl (C=O) groups excluding carboxylic acids is 1. The molecule has 0 heterocycles. The molecule has 0 saturated heterocycles. The lowest BCUT2D eigenvalue weighted by atomic mass is 9.70. The molecule has 0 aromatic heterocycles. The third-order valence-corrected chi connectivity index (χ3v) is 4.59. The Labute approximate surface area is 150 Å². The van der Waals surface area contributed by atoms with Gasteiger partial charge < -0.3 is 10.4 Å². The number of amides is 1. The number of nitrogens with one attached hydrogen (secondary N) is 1. The molecule has 1 amide bonds. The molecule has 2 N–H and O–H groups in total. The monoisotopic (exact) mass is 343 g/mol. The summed E-state index contributed by atoms with van der Waals surface area (Å²) in [6.45, 7) is 7.83. The summed E-state index contributed by atoms with van der Waals surface area (Å²) < 4.78 is 0. The Hall–Kier alpha value is -2.36. The standard InChI is InChI=1S/C21H29NO3/c1-15(8-6-9-16(2)14-19(23)24)11-12-18-17(3)10-7-13-21(18,4)20(25)22-5/h6,8-9,11-12,14H,7,10,13H2,1-5H3,(H,22,25)(H,23,24)/b9-6+,12-11+,15-8+,16-14+/t21-/m1/s1. The van der Waals surface area contributed by atoms with E-state index in [2.05, 4.69) is 12.2 Å². The van der Waals surface area contributed by atoms with Gasteiger partial charge in [-0.3, -0.25) is 4.79 Å². The summed E-state index contributed by atoms with van der Waals surface area (Å²) in [5.74, 6) is -0.891. The van der Waals surface area contributed by atoms with Crippen LogP contribution in [0.3, 0.4) is 0 Å². The van der Waals surface area contributed by atoms with E-state index in [4.69, 9.17) is 5.11 Å². The Bertz CT molecular complexity index is 677. The first kappa shape index (κ1) is 20.7. The molecular formula is C21H29NO3. The van der Waals surface area contributed by atoms with Crippen molar-refractivity contribution in [3.05, 3.63) is 58.7 Å². The highest BCUT2D eigenvalue weighted by Crippen LogP contribution is 2.41. The first-order chi connectivity index (χ1) is 11.7. The average molecular weight is 343 g/mol. The van der Waals surface area contributed by atoms with Gasteiger partial charge in [-0.2, -0.15) is 0 Å². The summed E-state index contributed by atoms with van der Waals surface area (Å²) in [6.07, 6.45) is 13.6. The summed E-state index contributed by atoms with van der Waals surface area (Å²) in [7, 11) is 1.68. The van der Waals surface area contributed by atoms with E-state index in [9.17, 15) is 9.59 Å². The predicted molar refractivity (Wildman–Crippen MR) is 102 cm³/mol. The quantitative estimate of drug-likeness (QED) is 0.557. The highest BCUT2D eigenvalue weighted by atomic mass is 16.4. The Morgan fingerprint density at radius 3 is 2.48 bits per heavy atom. The molecular weight excluding hydrogens is 314 g/mol. The zero-order valence-corrected chi connectivity index (χ0v) is 15.8. The van der Waals surface area contributed by atoms with Crippen LogP contribution in [0, 0.1) is 5.41 Å². The van der Waals surface area contributed by atoms with Crippen LogP contribution >= 0.6 is 0 Å². The molecule has 0 fully saturated rings. The van der Waals surface area contributed by atoms with Crippen LogP contribution in [0.1, 0.15) is 47.0 Å². The highest BCUT2D eigenvalue weighted by Gasteiger charge is 2.38. The molecule has 0 unspecified atom stereocenters. The fourth-order valence-electron chi connectivity index (χ4n) is 3.15. The molecule has 1 rings (SSSR count). The van der Waals surface area contributed by atoms with Crippen LogP contribution in [0.2, 0.25) is 0 Å². The molecule has 0 aromatic carbocycles. The average Bonchev–Trinajstić information content (AvgIpc) is 2.52. The minimum Gasteiger partial charge on any atom is -0.478 e. The smallest absolute Gasteiger partial charge is 0.328 e. The van der Waals surface area contributed by atoms with Gasteiger partial charge in [0.15, 0.2) is 0 Å². The Morgan fingerprint density at radius 2 is 1.88 bits per heavy atom. The van der Waals surface area contributed by atoms with E-state index in [1.54, 1.807) is 20.0 Å². The second-order valence-electron chi connectivity index (χ2n) is 6.79. The van der Waals surface area contributed by atoms with Crippen LogP contribution in [0.25, 0.3) is 0 Å². The van der Waals surface area contributed by atoms with Gasteiger partial charge in [-0.15, -0.1) is 0 Å². The van der Waals surface area contributed by atoms with Crippen LogP contribution in [0.15, 0.2) is 58.7 Å². The van der Waals surface area contributed by atoms with Crippen LogP contribution in [-0.2, 0) is 9.59 Å². The van der Waals surface area contributed by atoms with E-state index < -0.39 is 11.4 Å². The van der Waals surface area contributed by atoms with E-state index in [-0.39, 0.29) is 5.91 Å². The number of hydrogen-bond donors (Lipinski definition) is 2. The van der Waals surface area contributed by atoms with E-state index in [0.29, 0.717) is 5.57 Å². The second kappa shape index (κ2) is 9.21. The van der Waals surface area contributed by atoms with E-state index >= 15 is 0 Å². The van der Waals surface area contributed by atoms with Gasteiger partial charge in [-0.25, -0.2) is 4.79 Å². The van der Waals surface area contributed by atoms with Crippen molar-refractivity contribution in [1.29, 1.82) is 0 Å². The van der Waals surface area contributed by atoms with Crippen LogP contribution < -0.4 is 5.32 Å². The summed E-state index contributed by atoms with van der Waals surface area (Å²) in [6, 6.07) is 0. The van der Waals surface area contributed by atoms with Crippen molar-refractivity contribution >= 4 is 11.9 Å². The van der Waals surface area contributed by atoms with Crippen molar-refractivity contribution in [3.63, 3.8) is 0 Å². The summed E-state index contributed by atoms with van der Waals surface area (Å²) in [5.41, 5.74) is 3.59. The first-order valence-corrected chi connectivity index (χ1v) is 8.57. The van der Waals surface area contributed by atoms with Crippen molar-refractivity contribution in [1.82, 2.24) is 5.32 Å². The molecule has 136 valence electrons. The summed E-state index contributed by atoms with van der Waals surface area (Å²) in [4.78, 5) is 22.9. The van der Waals surface area contributed by atoms with Crippen LogP contribution in [-0.4, -0.2) is 24.0 Å². The number of carbonyl (C=O) groups is 2. The second-order valence-corrected chi connectivity index (χ2v) is 6.79. The van der Waals surface area contributed by atoms with Gasteiger partial charge in [0, 0.05) is 13.1 Å². The number of carboxylic acids is 1. The number of allylic oxidation sites excluding steroid dienone is 8. The van der Waals surface area contributed by atoms with Gasteiger partial charge in [-0.1, -0.05) is 41.5 Å². The summed E-state index contributed by atoms with van der Waals surface area (Å²) >= 11 is 0. The van der Waals surface area contributed by atoms with Gasteiger partial charge in [0.25, 0.3) is 0 Å². The molecule has 1 aliphatic carbocycles. The first-order valence-electron chi connectivity index (χ1n) is 8.57. The molecule has 0 aliphatic heterocycles. The Morgan fingerprint density at radius 1 is 1.20 bits per heavy atom. The van der Waals surface area contributed by atoms with Gasteiger partial charge in [0.1, 0.15) is 0 Å².